The van der Waals surface area contributed by atoms with Crippen molar-refractivity contribution in [2.45, 2.75) is 12.1 Å². The third kappa shape index (κ3) is 4.60. The van der Waals surface area contributed by atoms with Gasteiger partial charge in [-0.1, -0.05) is 54.2 Å². The van der Waals surface area contributed by atoms with Gasteiger partial charge in [-0.15, -0.1) is 10.2 Å². The SMILES string of the molecule is CCOc1ccc(-n2c(SC/C=C/c3ccccc3)nnc2-c2ccco2)cc1. The van der Waals surface area contributed by atoms with Gasteiger partial charge < -0.3 is 9.15 Å². The second-order valence-corrected chi connectivity index (χ2v) is 7.16. The molecule has 0 atom stereocenters. The first-order valence-electron chi connectivity index (χ1n) is 9.42. The molecule has 4 rings (SSSR count). The van der Waals surface area contributed by atoms with Crippen molar-refractivity contribution in [2.75, 3.05) is 12.4 Å². The van der Waals surface area contributed by atoms with Gasteiger partial charge in [0.25, 0.3) is 0 Å². The lowest BCUT2D eigenvalue weighted by molar-refractivity contribution is 0.340. The van der Waals surface area contributed by atoms with E-state index in [1.54, 1.807) is 18.0 Å². The molecular formula is C23H21N3O2S. The highest BCUT2D eigenvalue weighted by molar-refractivity contribution is 7.99. The lowest BCUT2D eigenvalue weighted by Crippen LogP contribution is -2.00. The Hall–Kier alpha value is -3.25. The number of benzene rings is 2. The smallest absolute Gasteiger partial charge is 0.205 e. The number of rotatable bonds is 8. The van der Waals surface area contributed by atoms with E-state index < -0.39 is 0 Å². The molecule has 2 heterocycles. The first-order valence-corrected chi connectivity index (χ1v) is 10.4. The maximum absolute atomic E-state index is 5.57. The predicted octanol–water partition coefficient (Wildman–Crippen LogP) is 5.73. The van der Waals surface area contributed by atoms with Crippen molar-refractivity contribution < 1.29 is 9.15 Å². The summed E-state index contributed by atoms with van der Waals surface area (Å²) >= 11 is 1.62. The first-order chi connectivity index (χ1) is 14.3. The minimum Gasteiger partial charge on any atom is -0.494 e. The molecule has 4 aromatic rings. The Morgan fingerprint density at radius 1 is 1.00 bits per heavy atom. The maximum atomic E-state index is 5.57. The van der Waals surface area contributed by atoms with Gasteiger partial charge in [0.05, 0.1) is 18.6 Å². The summed E-state index contributed by atoms with van der Waals surface area (Å²) in [6.07, 6.45) is 5.88. The molecule has 146 valence electrons. The van der Waals surface area contributed by atoms with Crippen LogP contribution in [0, 0.1) is 0 Å². The average molecular weight is 404 g/mol. The van der Waals surface area contributed by atoms with Crippen LogP contribution in [-0.2, 0) is 0 Å². The van der Waals surface area contributed by atoms with Gasteiger partial charge in [-0.25, -0.2) is 0 Å². The van der Waals surface area contributed by atoms with Crippen LogP contribution in [0.5, 0.6) is 5.75 Å². The van der Waals surface area contributed by atoms with Crippen LogP contribution >= 0.6 is 11.8 Å². The molecule has 0 unspecified atom stereocenters. The van der Waals surface area contributed by atoms with E-state index in [4.69, 9.17) is 9.15 Å². The topological polar surface area (TPSA) is 53.1 Å². The molecule has 0 saturated heterocycles. The summed E-state index contributed by atoms with van der Waals surface area (Å²) in [5.41, 5.74) is 2.14. The first kappa shape index (κ1) is 19.1. The van der Waals surface area contributed by atoms with Gasteiger partial charge in [-0.05, 0) is 48.9 Å². The Morgan fingerprint density at radius 3 is 2.55 bits per heavy atom. The molecule has 29 heavy (non-hydrogen) atoms. The van der Waals surface area contributed by atoms with Gasteiger partial charge in [0, 0.05) is 5.75 Å². The van der Waals surface area contributed by atoms with Crippen molar-refractivity contribution in [2.24, 2.45) is 0 Å². The van der Waals surface area contributed by atoms with Crippen molar-refractivity contribution in [1.82, 2.24) is 14.8 Å². The third-order valence-corrected chi connectivity index (χ3v) is 5.08. The van der Waals surface area contributed by atoms with Crippen molar-refractivity contribution >= 4 is 17.8 Å². The average Bonchev–Trinajstić information content (AvgIpc) is 3.43. The lowest BCUT2D eigenvalue weighted by atomic mass is 10.2. The summed E-state index contributed by atoms with van der Waals surface area (Å²) in [6.45, 7) is 2.61. The van der Waals surface area contributed by atoms with Crippen LogP contribution in [0.2, 0.25) is 0 Å². The Kier molecular flexibility index (Phi) is 6.12. The van der Waals surface area contributed by atoms with Crippen LogP contribution in [0.15, 0.2) is 88.6 Å². The molecule has 0 bridgehead atoms. The van der Waals surface area contributed by atoms with Crippen LogP contribution in [-0.4, -0.2) is 27.1 Å². The minimum absolute atomic E-state index is 0.637. The molecule has 0 fully saturated rings. The van der Waals surface area contributed by atoms with Crippen LogP contribution < -0.4 is 4.74 Å². The summed E-state index contributed by atoms with van der Waals surface area (Å²) < 4.78 is 13.1. The molecule has 0 saturated carbocycles. The van der Waals surface area contributed by atoms with E-state index in [2.05, 4.69) is 34.5 Å². The highest BCUT2D eigenvalue weighted by atomic mass is 32.2. The summed E-state index contributed by atoms with van der Waals surface area (Å²) in [7, 11) is 0. The van der Waals surface area contributed by atoms with Gasteiger partial charge >= 0.3 is 0 Å². The number of furan rings is 1. The molecule has 0 N–H and O–H groups in total. The number of ether oxygens (including phenoxy) is 1. The summed E-state index contributed by atoms with van der Waals surface area (Å²) in [5, 5.41) is 9.58. The monoisotopic (exact) mass is 403 g/mol. The molecule has 0 spiro atoms. The van der Waals surface area contributed by atoms with E-state index in [-0.39, 0.29) is 0 Å². The van der Waals surface area contributed by atoms with Crippen molar-refractivity contribution in [3.63, 3.8) is 0 Å². The number of aromatic nitrogens is 3. The van der Waals surface area contributed by atoms with Crippen LogP contribution in [0.1, 0.15) is 12.5 Å². The molecular weight excluding hydrogens is 382 g/mol. The molecule has 2 aromatic carbocycles. The summed E-state index contributed by atoms with van der Waals surface area (Å²) in [4.78, 5) is 0. The minimum atomic E-state index is 0.637. The fourth-order valence-corrected chi connectivity index (χ4v) is 3.65. The van der Waals surface area contributed by atoms with E-state index in [9.17, 15) is 0 Å². The van der Waals surface area contributed by atoms with Crippen molar-refractivity contribution in [1.29, 1.82) is 0 Å². The van der Waals surface area contributed by atoms with Gasteiger partial charge in [-0.2, -0.15) is 0 Å². The van der Waals surface area contributed by atoms with Crippen LogP contribution in [0.3, 0.4) is 0 Å². The Morgan fingerprint density at radius 2 is 1.83 bits per heavy atom. The van der Waals surface area contributed by atoms with E-state index in [0.717, 1.165) is 22.3 Å². The highest BCUT2D eigenvalue weighted by Crippen LogP contribution is 2.29. The zero-order chi connectivity index (χ0) is 19.9. The summed E-state index contributed by atoms with van der Waals surface area (Å²) in [5.74, 6) is 2.97. The van der Waals surface area contributed by atoms with Gasteiger partial charge in [-0.3, -0.25) is 4.57 Å². The van der Waals surface area contributed by atoms with E-state index in [1.807, 2.05) is 66.1 Å². The molecule has 0 amide bonds. The maximum Gasteiger partial charge on any atom is 0.205 e. The van der Waals surface area contributed by atoms with E-state index in [0.29, 0.717) is 18.2 Å². The molecule has 6 heteroatoms. The quantitative estimate of drug-likeness (QED) is 0.352. The Bertz CT molecular complexity index is 1060. The standard InChI is InChI=1S/C23H21N3O2S/c1-2-27-20-14-12-19(13-15-20)26-22(21-11-6-16-28-21)24-25-23(26)29-17-7-10-18-8-4-3-5-9-18/h3-16H,2,17H2,1H3/b10-7+. The fourth-order valence-electron chi connectivity index (χ4n) is 2.89. The Balaban J connectivity index is 1.59. The molecule has 0 aliphatic carbocycles. The van der Waals surface area contributed by atoms with Gasteiger partial charge in [0.15, 0.2) is 10.9 Å². The van der Waals surface area contributed by atoms with Crippen molar-refractivity contribution in [3.8, 4) is 23.0 Å². The molecule has 0 aliphatic heterocycles. The zero-order valence-corrected chi connectivity index (χ0v) is 16.9. The molecule has 2 aromatic heterocycles. The number of hydrogen-bond acceptors (Lipinski definition) is 5. The Labute approximate surface area is 174 Å². The lowest BCUT2D eigenvalue weighted by Gasteiger charge is -2.10. The fraction of sp³-hybridized carbons (Fsp3) is 0.130. The number of hydrogen-bond donors (Lipinski definition) is 0. The van der Waals surface area contributed by atoms with Gasteiger partial charge in [0.2, 0.25) is 5.82 Å². The second-order valence-electron chi connectivity index (χ2n) is 6.17. The highest BCUT2D eigenvalue weighted by Gasteiger charge is 2.17. The zero-order valence-electron chi connectivity index (χ0n) is 16.1. The second kappa shape index (κ2) is 9.30. The molecule has 5 nitrogen and oxygen atoms in total. The number of thioether (sulfide) groups is 1. The van der Waals surface area contributed by atoms with E-state index >= 15 is 0 Å². The largest absolute Gasteiger partial charge is 0.494 e. The third-order valence-electron chi connectivity index (χ3n) is 4.20. The number of nitrogens with zero attached hydrogens (tertiary/aromatic N) is 3. The van der Waals surface area contributed by atoms with Gasteiger partial charge in [0.1, 0.15) is 5.75 Å². The van der Waals surface area contributed by atoms with Crippen LogP contribution in [0.4, 0.5) is 0 Å². The van der Waals surface area contributed by atoms with E-state index in [1.165, 1.54) is 5.56 Å². The summed E-state index contributed by atoms with van der Waals surface area (Å²) in [6, 6.07) is 21.9. The molecule has 0 radical (unpaired) electrons. The molecule has 0 aliphatic rings. The normalized spacial score (nSPS) is 11.2. The van der Waals surface area contributed by atoms with Crippen molar-refractivity contribution in [3.05, 3.63) is 84.6 Å². The predicted molar refractivity (Wildman–Crippen MR) is 116 cm³/mol. The van der Waals surface area contributed by atoms with Crippen LogP contribution in [0.25, 0.3) is 23.3 Å².